The van der Waals surface area contributed by atoms with E-state index in [-0.39, 0.29) is 25.1 Å². The molecule has 2 aliphatic heterocycles. The molecule has 7 rings (SSSR count). The SMILES string of the molecule is Cc1ccc(COc2ccc(Oc3c(C)cc(/C=C/C(=O)N4CCN(Cc5ccc(CCOc6ccc7c(c6)OCO7)cc5)CC4)cc3Cl)nc2)cc1.Cl. The summed E-state index contributed by atoms with van der Waals surface area (Å²) in [6.07, 6.45) is 5.87. The van der Waals surface area contributed by atoms with Crippen LogP contribution in [0.1, 0.15) is 33.4 Å². The van der Waals surface area contributed by atoms with Gasteiger partial charge in [0, 0.05) is 57.4 Å². The summed E-state index contributed by atoms with van der Waals surface area (Å²) in [6.45, 7) is 9.09. The Labute approximate surface area is 327 Å². The predicted molar refractivity (Wildman–Crippen MR) is 212 cm³/mol. The second kappa shape index (κ2) is 18.2. The molecule has 0 aliphatic carbocycles. The van der Waals surface area contributed by atoms with Crippen LogP contribution < -0.4 is 23.7 Å². The molecule has 1 saturated heterocycles. The first-order chi connectivity index (χ1) is 25.8. The van der Waals surface area contributed by atoms with Crippen molar-refractivity contribution in [3.05, 3.63) is 142 Å². The van der Waals surface area contributed by atoms with E-state index in [1.165, 1.54) is 16.7 Å². The number of pyridine rings is 1. The molecule has 9 nitrogen and oxygen atoms in total. The highest BCUT2D eigenvalue weighted by Gasteiger charge is 2.20. The van der Waals surface area contributed by atoms with E-state index in [1.807, 2.05) is 54.3 Å². The van der Waals surface area contributed by atoms with Crippen molar-refractivity contribution >= 4 is 36.0 Å². The summed E-state index contributed by atoms with van der Waals surface area (Å²) < 4.78 is 28.6. The Bertz CT molecular complexity index is 2030. The number of hydrogen-bond donors (Lipinski definition) is 0. The van der Waals surface area contributed by atoms with Gasteiger partial charge in [-0.25, -0.2) is 4.98 Å². The number of ether oxygens (including phenoxy) is 5. The van der Waals surface area contributed by atoms with E-state index in [0.29, 0.717) is 48.7 Å². The van der Waals surface area contributed by atoms with Crippen LogP contribution in [-0.2, 0) is 24.4 Å². The van der Waals surface area contributed by atoms with Crippen molar-refractivity contribution < 1.29 is 28.5 Å². The molecular weight excluding hydrogens is 725 g/mol. The average molecular weight is 769 g/mol. The van der Waals surface area contributed by atoms with Crippen LogP contribution in [0, 0.1) is 13.8 Å². The molecule has 3 heterocycles. The normalized spacial score (nSPS) is 13.8. The Morgan fingerprint density at radius 3 is 2.28 bits per heavy atom. The van der Waals surface area contributed by atoms with Gasteiger partial charge >= 0.3 is 0 Å². The van der Waals surface area contributed by atoms with Gasteiger partial charge in [0.15, 0.2) is 17.2 Å². The molecule has 1 aromatic heterocycles. The largest absolute Gasteiger partial charge is 0.493 e. The van der Waals surface area contributed by atoms with Crippen LogP contribution in [-0.4, -0.2) is 60.3 Å². The minimum Gasteiger partial charge on any atom is -0.493 e. The number of aromatic nitrogens is 1. The molecule has 0 spiro atoms. The summed E-state index contributed by atoms with van der Waals surface area (Å²) in [5.41, 5.74) is 6.43. The molecule has 5 aromatic rings. The van der Waals surface area contributed by atoms with Crippen molar-refractivity contribution in [2.45, 2.75) is 33.4 Å². The Balaban J connectivity index is 0.00000497. The second-order valence-corrected chi connectivity index (χ2v) is 13.6. The number of amides is 1. The molecule has 2 aliphatic rings. The highest BCUT2D eigenvalue weighted by atomic mass is 35.5. The third kappa shape index (κ3) is 10.3. The molecule has 0 saturated carbocycles. The van der Waals surface area contributed by atoms with Gasteiger partial charge in [-0.2, -0.15) is 0 Å². The lowest BCUT2D eigenvalue weighted by Gasteiger charge is -2.34. The summed E-state index contributed by atoms with van der Waals surface area (Å²) in [7, 11) is 0. The van der Waals surface area contributed by atoms with Crippen molar-refractivity contribution in [2.75, 3.05) is 39.6 Å². The maximum Gasteiger partial charge on any atom is 0.246 e. The fourth-order valence-corrected chi connectivity index (χ4v) is 6.49. The van der Waals surface area contributed by atoms with E-state index >= 15 is 0 Å². The number of piperazine rings is 1. The molecule has 0 radical (unpaired) electrons. The summed E-state index contributed by atoms with van der Waals surface area (Å²) in [5, 5.41) is 0.440. The van der Waals surface area contributed by atoms with Crippen molar-refractivity contribution in [1.82, 2.24) is 14.8 Å². The number of fused-ring (bicyclic) bond motifs is 1. The predicted octanol–water partition coefficient (Wildman–Crippen LogP) is 8.85. The van der Waals surface area contributed by atoms with Crippen LogP contribution in [0.25, 0.3) is 6.08 Å². The first kappa shape index (κ1) is 38.5. The lowest BCUT2D eigenvalue weighted by Crippen LogP contribution is -2.47. The van der Waals surface area contributed by atoms with Gasteiger partial charge in [-0.1, -0.05) is 65.7 Å². The first-order valence-electron chi connectivity index (χ1n) is 17.8. The van der Waals surface area contributed by atoms with Gasteiger partial charge in [-0.05, 0) is 78.1 Å². The standard InChI is InChI=1S/C43H42ClN3O6.ClH/c1-30-3-5-34(6-4-30)28-50-37-13-15-41(45-26-37)53-43-31(2)23-35(24-38(43)44)11-16-42(48)47-20-18-46(19-21-47)27-33-9-7-32(8-10-33)17-22-49-36-12-14-39-40(25-36)52-29-51-39;/h3-16,23-26H,17-22,27-29H2,1-2H3;1H/b16-11+;. The van der Waals surface area contributed by atoms with Gasteiger partial charge in [0.1, 0.15) is 18.1 Å². The maximum atomic E-state index is 13.1. The zero-order valence-electron chi connectivity index (χ0n) is 30.3. The van der Waals surface area contributed by atoms with Crippen molar-refractivity contribution in [3.63, 3.8) is 0 Å². The summed E-state index contributed by atoms with van der Waals surface area (Å²) in [4.78, 5) is 21.7. The summed E-state index contributed by atoms with van der Waals surface area (Å²) in [5.74, 6) is 3.81. The molecule has 54 heavy (non-hydrogen) atoms. The molecule has 0 atom stereocenters. The van der Waals surface area contributed by atoms with Crippen LogP contribution in [0.15, 0.2) is 103 Å². The first-order valence-corrected chi connectivity index (χ1v) is 18.1. The van der Waals surface area contributed by atoms with Crippen LogP contribution >= 0.6 is 24.0 Å². The van der Waals surface area contributed by atoms with Crippen molar-refractivity contribution in [3.8, 4) is 34.6 Å². The number of rotatable bonds is 13. The third-order valence-corrected chi connectivity index (χ3v) is 9.51. The Kier molecular flexibility index (Phi) is 13.0. The molecule has 0 N–H and O–H groups in total. The number of nitrogens with zero attached hydrogens (tertiary/aromatic N) is 3. The molecule has 0 bridgehead atoms. The van der Waals surface area contributed by atoms with Crippen LogP contribution in [0.3, 0.4) is 0 Å². The molecule has 0 unspecified atom stereocenters. The number of carbonyl (C=O) groups is 1. The Morgan fingerprint density at radius 1 is 0.815 bits per heavy atom. The average Bonchev–Trinajstić information content (AvgIpc) is 3.65. The number of aryl methyl sites for hydroxylation is 2. The van der Waals surface area contributed by atoms with Crippen molar-refractivity contribution in [2.24, 2.45) is 0 Å². The van der Waals surface area contributed by atoms with Gasteiger partial charge in [-0.3, -0.25) is 9.69 Å². The monoisotopic (exact) mass is 767 g/mol. The van der Waals surface area contributed by atoms with E-state index in [2.05, 4.69) is 53.2 Å². The van der Waals surface area contributed by atoms with Crippen LogP contribution in [0.4, 0.5) is 0 Å². The van der Waals surface area contributed by atoms with Crippen LogP contribution in [0.5, 0.6) is 34.6 Å². The molecule has 1 fully saturated rings. The number of hydrogen-bond acceptors (Lipinski definition) is 8. The number of carbonyl (C=O) groups excluding carboxylic acids is 1. The lowest BCUT2D eigenvalue weighted by molar-refractivity contribution is -0.127. The van der Waals surface area contributed by atoms with E-state index < -0.39 is 0 Å². The summed E-state index contributed by atoms with van der Waals surface area (Å²) >= 11 is 6.64. The van der Waals surface area contributed by atoms with Crippen molar-refractivity contribution in [1.29, 1.82) is 0 Å². The van der Waals surface area contributed by atoms with E-state index in [0.717, 1.165) is 60.0 Å². The molecule has 280 valence electrons. The zero-order chi connectivity index (χ0) is 36.6. The Hall–Kier alpha value is -5.22. The minimum atomic E-state index is -0.0139. The van der Waals surface area contributed by atoms with Gasteiger partial charge in [0.25, 0.3) is 0 Å². The van der Waals surface area contributed by atoms with E-state index in [4.69, 9.17) is 35.3 Å². The second-order valence-electron chi connectivity index (χ2n) is 13.2. The minimum absolute atomic E-state index is 0. The fourth-order valence-electron chi connectivity index (χ4n) is 6.17. The number of benzene rings is 4. The topological polar surface area (TPSA) is 82.6 Å². The number of halogens is 2. The van der Waals surface area contributed by atoms with Crippen LogP contribution in [0.2, 0.25) is 5.02 Å². The lowest BCUT2D eigenvalue weighted by atomic mass is 10.1. The van der Waals surface area contributed by atoms with Gasteiger partial charge in [0.2, 0.25) is 18.6 Å². The van der Waals surface area contributed by atoms with E-state index in [1.54, 1.807) is 30.5 Å². The van der Waals surface area contributed by atoms with E-state index in [9.17, 15) is 4.79 Å². The quantitative estimate of drug-likeness (QED) is 0.110. The fraction of sp³-hybridized carbons (Fsp3) is 0.256. The highest BCUT2D eigenvalue weighted by molar-refractivity contribution is 6.32. The molecule has 4 aromatic carbocycles. The molecular formula is C43H43Cl2N3O6. The van der Waals surface area contributed by atoms with Gasteiger partial charge in [-0.15, -0.1) is 12.4 Å². The zero-order valence-corrected chi connectivity index (χ0v) is 31.9. The maximum absolute atomic E-state index is 13.1. The highest BCUT2D eigenvalue weighted by Crippen LogP contribution is 2.36. The smallest absolute Gasteiger partial charge is 0.246 e. The van der Waals surface area contributed by atoms with Gasteiger partial charge < -0.3 is 28.6 Å². The Morgan fingerprint density at radius 2 is 1.54 bits per heavy atom. The third-order valence-electron chi connectivity index (χ3n) is 9.23. The summed E-state index contributed by atoms with van der Waals surface area (Å²) in [6, 6.07) is 29.8. The molecule has 1 amide bonds. The molecule has 11 heteroatoms. The van der Waals surface area contributed by atoms with Gasteiger partial charge in [0.05, 0.1) is 17.8 Å².